The topological polar surface area (TPSA) is 78.8 Å². The van der Waals surface area contributed by atoms with Gasteiger partial charge in [-0.15, -0.1) is 0 Å². The predicted molar refractivity (Wildman–Crippen MR) is 113 cm³/mol. The number of anilines is 1. The Labute approximate surface area is 165 Å². The van der Waals surface area contributed by atoms with Crippen LogP contribution in [0.2, 0.25) is 0 Å². The molecule has 0 saturated heterocycles. The van der Waals surface area contributed by atoms with Crippen LogP contribution in [0.5, 0.6) is 5.75 Å². The molecule has 0 unspecified atom stereocenters. The van der Waals surface area contributed by atoms with Crippen molar-refractivity contribution < 1.29 is 13.5 Å². The Kier molecular flexibility index (Phi) is 5.51. The molecule has 2 N–H and O–H groups in total. The van der Waals surface area contributed by atoms with Gasteiger partial charge in [0, 0.05) is 6.21 Å². The quantitative estimate of drug-likeness (QED) is 0.606. The number of nitrogens with one attached hydrogen (secondary N) is 1. The molecule has 0 aromatic heterocycles. The van der Waals surface area contributed by atoms with Crippen molar-refractivity contribution in [2.75, 3.05) is 4.72 Å². The van der Waals surface area contributed by atoms with Gasteiger partial charge in [-0.1, -0.05) is 17.7 Å². The van der Waals surface area contributed by atoms with Crippen molar-refractivity contribution in [3.8, 4) is 5.75 Å². The summed E-state index contributed by atoms with van der Waals surface area (Å²) in [6.07, 6.45) is 1.65. The zero-order valence-corrected chi connectivity index (χ0v) is 16.8. The molecule has 0 amide bonds. The lowest BCUT2D eigenvalue weighted by molar-refractivity contribution is 0.475. The van der Waals surface area contributed by atoms with E-state index in [1.165, 1.54) is 12.1 Å². The number of aliphatic imine (C=N–C) groups is 1. The number of phenols is 1. The summed E-state index contributed by atoms with van der Waals surface area (Å²) < 4.78 is 28.2. The summed E-state index contributed by atoms with van der Waals surface area (Å²) in [6.45, 7) is 5.76. The first-order valence-corrected chi connectivity index (χ1v) is 10.3. The SMILES string of the molecule is Cc1cc(C)c(NS(=O)(=O)c2ccc(N=Cc3ccc(O)cc3)cc2)c(C)c1. The zero-order valence-electron chi connectivity index (χ0n) is 16.0. The highest BCUT2D eigenvalue weighted by molar-refractivity contribution is 7.92. The average molecular weight is 394 g/mol. The van der Waals surface area contributed by atoms with Gasteiger partial charge in [-0.05, 0) is 86.0 Å². The van der Waals surface area contributed by atoms with E-state index < -0.39 is 10.0 Å². The van der Waals surface area contributed by atoms with E-state index in [4.69, 9.17) is 0 Å². The van der Waals surface area contributed by atoms with Crippen molar-refractivity contribution in [2.45, 2.75) is 25.7 Å². The van der Waals surface area contributed by atoms with Crippen molar-refractivity contribution >= 4 is 27.6 Å². The molecule has 0 aliphatic carbocycles. The molecule has 0 atom stereocenters. The van der Waals surface area contributed by atoms with Gasteiger partial charge < -0.3 is 5.11 Å². The molecule has 0 aliphatic heterocycles. The van der Waals surface area contributed by atoms with Crippen LogP contribution in [0.15, 0.2) is 70.6 Å². The fraction of sp³-hybridized carbons (Fsp3) is 0.136. The maximum absolute atomic E-state index is 12.7. The van der Waals surface area contributed by atoms with Gasteiger partial charge in [0.15, 0.2) is 0 Å². The van der Waals surface area contributed by atoms with Crippen LogP contribution in [0.3, 0.4) is 0 Å². The number of aryl methyl sites for hydroxylation is 3. The number of sulfonamides is 1. The molecule has 0 heterocycles. The van der Waals surface area contributed by atoms with Crippen molar-refractivity contribution in [1.82, 2.24) is 0 Å². The number of nitrogens with zero attached hydrogens (tertiary/aromatic N) is 1. The van der Waals surface area contributed by atoms with Crippen LogP contribution in [0.1, 0.15) is 22.3 Å². The lowest BCUT2D eigenvalue weighted by Gasteiger charge is -2.14. The first-order valence-electron chi connectivity index (χ1n) is 8.78. The van der Waals surface area contributed by atoms with E-state index in [0.29, 0.717) is 11.4 Å². The predicted octanol–water partition coefficient (Wildman–Crippen LogP) is 4.87. The fourth-order valence-corrected chi connectivity index (χ4v) is 4.16. The number of hydrogen-bond donors (Lipinski definition) is 2. The Morgan fingerprint density at radius 2 is 1.46 bits per heavy atom. The summed E-state index contributed by atoms with van der Waals surface area (Å²) in [5.41, 5.74) is 4.94. The van der Waals surface area contributed by atoms with Crippen LogP contribution >= 0.6 is 0 Å². The van der Waals surface area contributed by atoms with Crippen molar-refractivity contribution in [1.29, 1.82) is 0 Å². The molecule has 5 nitrogen and oxygen atoms in total. The van der Waals surface area contributed by atoms with Gasteiger partial charge in [0.2, 0.25) is 0 Å². The zero-order chi connectivity index (χ0) is 20.3. The van der Waals surface area contributed by atoms with Crippen LogP contribution < -0.4 is 4.72 Å². The standard InChI is InChI=1S/C22H22N2O3S/c1-15-12-16(2)22(17(3)13-15)24-28(26,27)21-10-6-19(7-11-21)23-14-18-4-8-20(25)9-5-18/h4-14,24-25H,1-3H3. The third-order valence-corrected chi connectivity index (χ3v) is 5.68. The van der Waals surface area contributed by atoms with Crippen molar-refractivity contribution in [2.24, 2.45) is 4.99 Å². The molecule has 144 valence electrons. The molecule has 3 aromatic carbocycles. The smallest absolute Gasteiger partial charge is 0.261 e. The highest BCUT2D eigenvalue weighted by atomic mass is 32.2. The number of phenolic OH excluding ortho intramolecular Hbond substituents is 1. The molecule has 0 fully saturated rings. The van der Waals surface area contributed by atoms with Crippen LogP contribution in [0.25, 0.3) is 0 Å². The van der Waals surface area contributed by atoms with Crippen LogP contribution in [0, 0.1) is 20.8 Å². The minimum Gasteiger partial charge on any atom is -0.508 e. The minimum absolute atomic E-state index is 0.176. The third kappa shape index (κ3) is 4.58. The van der Waals surface area contributed by atoms with E-state index in [-0.39, 0.29) is 10.6 Å². The van der Waals surface area contributed by atoms with Gasteiger partial charge in [0.05, 0.1) is 16.3 Å². The Bertz CT molecular complexity index is 1090. The lowest BCUT2D eigenvalue weighted by atomic mass is 10.1. The molecule has 0 bridgehead atoms. The maximum atomic E-state index is 12.7. The molecule has 3 aromatic rings. The summed E-state index contributed by atoms with van der Waals surface area (Å²) in [5, 5.41) is 9.29. The monoisotopic (exact) mass is 394 g/mol. The van der Waals surface area contributed by atoms with E-state index in [1.54, 1.807) is 42.6 Å². The summed E-state index contributed by atoms with van der Waals surface area (Å²) in [4.78, 5) is 4.51. The molecule has 3 rings (SSSR count). The van der Waals surface area contributed by atoms with Crippen LogP contribution in [0.4, 0.5) is 11.4 Å². The summed E-state index contributed by atoms with van der Waals surface area (Å²) >= 11 is 0. The largest absolute Gasteiger partial charge is 0.508 e. The lowest BCUT2D eigenvalue weighted by Crippen LogP contribution is -2.14. The highest BCUT2D eigenvalue weighted by Gasteiger charge is 2.16. The van der Waals surface area contributed by atoms with E-state index in [2.05, 4.69) is 9.71 Å². The molecular weight excluding hydrogens is 372 g/mol. The molecule has 0 spiro atoms. The number of hydrogen-bond acceptors (Lipinski definition) is 4. The first kappa shape index (κ1) is 19.6. The van der Waals surface area contributed by atoms with E-state index in [9.17, 15) is 13.5 Å². The first-order chi connectivity index (χ1) is 13.2. The second-order valence-corrected chi connectivity index (χ2v) is 8.41. The van der Waals surface area contributed by atoms with E-state index >= 15 is 0 Å². The van der Waals surface area contributed by atoms with Crippen LogP contribution in [-0.4, -0.2) is 19.7 Å². The normalized spacial score (nSPS) is 11.7. The van der Waals surface area contributed by atoms with E-state index in [0.717, 1.165) is 22.3 Å². The Balaban J connectivity index is 1.79. The fourth-order valence-electron chi connectivity index (χ4n) is 2.96. The number of benzene rings is 3. The summed E-state index contributed by atoms with van der Waals surface area (Å²) in [5.74, 6) is 0.193. The van der Waals surface area contributed by atoms with Crippen LogP contribution in [-0.2, 0) is 10.0 Å². The second kappa shape index (κ2) is 7.86. The molecule has 28 heavy (non-hydrogen) atoms. The second-order valence-electron chi connectivity index (χ2n) is 6.72. The Morgan fingerprint density at radius 3 is 2.04 bits per heavy atom. The summed E-state index contributed by atoms with van der Waals surface area (Å²) in [7, 11) is -3.69. The van der Waals surface area contributed by atoms with Gasteiger partial charge in [-0.3, -0.25) is 9.71 Å². The molecule has 0 radical (unpaired) electrons. The van der Waals surface area contributed by atoms with Gasteiger partial charge in [0.1, 0.15) is 5.75 Å². The average Bonchev–Trinajstić information content (AvgIpc) is 2.65. The Hall–Kier alpha value is -3.12. The molecular formula is C22H22N2O3S. The molecule has 0 saturated carbocycles. The maximum Gasteiger partial charge on any atom is 0.261 e. The van der Waals surface area contributed by atoms with Gasteiger partial charge >= 0.3 is 0 Å². The van der Waals surface area contributed by atoms with Crippen molar-refractivity contribution in [3.05, 3.63) is 82.9 Å². The third-order valence-electron chi connectivity index (χ3n) is 4.32. The highest BCUT2D eigenvalue weighted by Crippen LogP contribution is 2.26. The number of rotatable bonds is 5. The van der Waals surface area contributed by atoms with Crippen molar-refractivity contribution in [3.63, 3.8) is 0 Å². The number of aromatic hydroxyl groups is 1. The van der Waals surface area contributed by atoms with Gasteiger partial charge in [-0.25, -0.2) is 8.42 Å². The Morgan fingerprint density at radius 1 is 0.893 bits per heavy atom. The van der Waals surface area contributed by atoms with Gasteiger partial charge in [-0.2, -0.15) is 0 Å². The molecule has 0 aliphatic rings. The minimum atomic E-state index is -3.69. The van der Waals surface area contributed by atoms with Gasteiger partial charge in [0.25, 0.3) is 10.0 Å². The summed E-state index contributed by atoms with van der Waals surface area (Å²) in [6, 6.07) is 16.9. The van der Waals surface area contributed by atoms with E-state index in [1.807, 2.05) is 32.9 Å². The molecule has 6 heteroatoms.